The van der Waals surface area contributed by atoms with Crippen molar-refractivity contribution in [2.45, 2.75) is 12.8 Å². The first-order valence-corrected chi connectivity index (χ1v) is 7.55. The Morgan fingerprint density at radius 3 is 2.42 bits per heavy atom. The number of hydrogen-bond acceptors (Lipinski definition) is 3. The van der Waals surface area contributed by atoms with Crippen molar-refractivity contribution in [2.24, 2.45) is 0 Å². The number of nitrogens with one attached hydrogen (secondary N) is 2. The van der Waals surface area contributed by atoms with Crippen LogP contribution in [0.2, 0.25) is 0 Å². The molecule has 5 nitrogen and oxygen atoms in total. The van der Waals surface area contributed by atoms with E-state index in [2.05, 4.69) is 10.6 Å². The number of likely N-dealkylation sites (N-methyl/N-ethyl adjacent to an activating group) is 1. The predicted molar refractivity (Wildman–Crippen MR) is 89.4 cm³/mol. The molecule has 0 heterocycles. The van der Waals surface area contributed by atoms with Crippen LogP contribution in [-0.2, 0) is 16.0 Å². The maximum Gasteiger partial charge on any atom is 0.227 e. The van der Waals surface area contributed by atoms with E-state index in [4.69, 9.17) is 4.74 Å². The van der Waals surface area contributed by atoms with Gasteiger partial charge in [-0.3, -0.25) is 9.59 Å². The smallest absolute Gasteiger partial charge is 0.227 e. The van der Waals surface area contributed by atoms with Gasteiger partial charge in [-0.2, -0.15) is 0 Å². The number of carbonyl (C=O) groups excluding carboxylic acids is 2. The van der Waals surface area contributed by atoms with Crippen molar-refractivity contribution in [1.82, 2.24) is 5.32 Å². The van der Waals surface area contributed by atoms with Crippen LogP contribution in [0.4, 0.5) is 10.1 Å². The SMILES string of the molecule is CNC(=O)Cc1ccc(NC(=O)CCOc2ccccc2F)cc1. The molecule has 6 heteroatoms. The molecule has 0 saturated heterocycles. The molecule has 0 aliphatic heterocycles. The van der Waals surface area contributed by atoms with Crippen molar-refractivity contribution < 1.29 is 18.7 Å². The highest BCUT2D eigenvalue weighted by atomic mass is 19.1. The van der Waals surface area contributed by atoms with Gasteiger partial charge in [-0.25, -0.2) is 4.39 Å². The molecule has 2 aromatic carbocycles. The third-order valence-corrected chi connectivity index (χ3v) is 3.30. The second kappa shape index (κ2) is 8.67. The lowest BCUT2D eigenvalue weighted by Gasteiger charge is -2.08. The van der Waals surface area contributed by atoms with E-state index in [9.17, 15) is 14.0 Å². The van der Waals surface area contributed by atoms with Gasteiger partial charge in [0.1, 0.15) is 0 Å². The molecule has 0 atom stereocenters. The average Bonchev–Trinajstić information content (AvgIpc) is 2.58. The molecular weight excluding hydrogens is 311 g/mol. The van der Waals surface area contributed by atoms with E-state index >= 15 is 0 Å². The zero-order valence-corrected chi connectivity index (χ0v) is 13.3. The first-order chi connectivity index (χ1) is 11.6. The molecule has 0 unspecified atom stereocenters. The Labute approximate surface area is 139 Å². The molecule has 2 aromatic rings. The van der Waals surface area contributed by atoms with Crippen molar-refractivity contribution in [3.05, 3.63) is 59.9 Å². The molecule has 2 rings (SSSR count). The largest absolute Gasteiger partial charge is 0.490 e. The lowest BCUT2D eigenvalue weighted by atomic mass is 10.1. The summed E-state index contributed by atoms with van der Waals surface area (Å²) in [5.74, 6) is -0.629. The molecule has 0 spiro atoms. The Kier molecular flexibility index (Phi) is 6.31. The molecule has 0 bridgehead atoms. The van der Waals surface area contributed by atoms with Crippen molar-refractivity contribution in [3.63, 3.8) is 0 Å². The summed E-state index contributed by atoms with van der Waals surface area (Å²) in [4.78, 5) is 23.1. The summed E-state index contributed by atoms with van der Waals surface area (Å²) in [7, 11) is 1.58. The summed E-state index contributed by atoms with van der Waals surface area (Å²) in [6.07, 6.45) is 0.398. The molecule has 126 valence electrons. The van der Waals surface area contributed by atoms with E-state index in [0.717, 1.165) is 5.56 Å². The van der Waals surface area contributed by atoms with Gasteiger partial charge in [-0.15, -0.1) is 0 Å². The number of benzene rings is 2. The number of ether oxygens (including phenoxy) is 1. The molecule has 0 fully saturated rings. The van der Waals surface area contributed by atoms with Gasteiger partial charge in [0.2, 0.25) is 11.8 Å². The highest BCUT2D eigenvalue weighted by Gasteiger charge is 2.06. The van der Waals surface area contributed by atoms with Crippen LogP contribution in [0, 0.1) is 5.82 Å². The topological polar surface area (TPSA) is 67.4 Å². The van der Waals surface area contributed by atoms with Crippen LogP contribution in [0.5, 0.6) is 5.75 Å². The summed E-state index contributed by atoms with van der Waals surface area (Å²) in [5.41, 5.74) is 1.49. The van der Waals surface area contributed by atoms with Gasteiger partial charge in [0.05, 0.1) is 19.4 Å². The Hall–Kier alpha value is -2.89. The van der Waals surface area contributed by atoms with Gasteiger partial charge in [-0.1, -0.05) is 24.3 Å². The zero-order chi connectivity index (χ0) is 17.4. The number of para-hydroxylation sites is 1. The minimum atomic E-state index is -0.454. The van der Waals surface area contributed by atoms with Crippen LogP contribution in [0.15, 0.2) is 48.5 Å². The van der Waals surface area contributed by atoms with Gasteiger partial charge in [0.15, 0.2) is 11.6 Å². The van der Waals surface area contributed by atoms with E-state index in [1.54, 1.807) is 43.4 Å². The van der Waals surface area contributed by atoms with Crippen LogP contribution in [0.3, 0.4) is 0 Å². The molecule has 0 radical (unpaired) electrons. The lowest BCUT2D eigenvalue weighted by Crippen LogP contribution is -2.20. The summed E-state index contributed by atoms with van der Waals surface area (Å²) in [6, 6.07) is 13.1. The summed E-state index contributed by atoms with van der Waals surface area (Å²) < 4.78 is 18.6. The second-order valence-electron chi connectivity index (χ2n) is 5.12. The molecule has 2 amide bonds. The average molecular weight is 330 g/mol. The number of halogens is 1. The minimum absolute atomic E-state index is 0.0721. The van der Waals surface area contributed by atoms with Crippen LogP contribution >= 0.6 is 0 Å². The number of carbonyl (C=O) groups is 2. The molecule has 0 aliphatic carbocycles. The Morgan fingerprint density at radius 1 is 1.04 bits per heavy atom. The van der Waals surface area contributed by atoms with Crippen molar-refractivity contribution in [3.8, 4) is 5.75 Å². The Balaban J connectivity index is 1.78. The fraction of sp³-hybridized carbons (Fsp3) is 0.222. The lowest BCUT2D eigenvalue weighted by molar-refractivity contribution is -0.120. The molecule has 0 aliphatic rings. The Morgan fingerprint density at radius 2 is 1.75 bits per heavy atom. The monoisotopic (exact) mass is 330 g/mol. The Bertz CT molecular complexity index is 702. The van der Waals surface area contributed by atoms with Gasteiger partial charge in [-0.05, 0) is 29.8 Å². The van der Waals surface area contributed by atoms with Crippen LogP contribution in [-0.4, -0.2) is 25.5 Å². The van der Waals surface area contributed by atoms with Crippen molar-refractivity contribution >= 4 is 17.5 Å². The van der Waals surface area contributed by atoms with Crippen molar-refractivity contribution in [1.29, 1.82) is 0 Å². The van der Waals surface area contributed by atoms with Gasteiger partial charge in [0.25, 0.3) is 0 Å². The van der Waals surface area contributed by atoms with Crippen LogP contribution < -0.4 is 15.4 Å². The van der Waals surface area contributed by atoms with E-state index < -0.39 is 5.82 Å². The number of anilines is 1. The van der Waals surface area contributed by atoms with E-state index in [0.29, 0.717) is 12.1 Å². The highest BCUT2D eigenvalue weighted by Crippen LogP contribution is 2.15. The van der Waals surface area contributed by atoms with E-state index in [-0.39, 0.29) is 30.6 Å². The zero-order valence-electron chi connectivity index (χ0n) is 13.3. The van der Waals surface area contributed by atoms with Crippen LogP contribution in [0.25, 0.3) is 0 Å². The van der Waals surface area contributed by atoms with Gasteiger partial charge < -0.3 is 15.4 Å². The van der Waals surface area contributed by atoms with Gasteiger partial charge >= 0.3 is 0 Å². The second-order valence-corrected chi connectivity index (χ2v) is 5.12. The summed E-state index contributed by atoms with van der Waals surface area (Å²) in [6.45, 7) is 0.0848. The first kappa shape index (κ1) is 17.5. The predicted octanol–water partition coefficient (Wildman–Crippen LogP) is 2.52. The minimum Gasteiger partial charge on any atom is -0.490 e. The molecule has 24 heavy (non-hydrogen) atoms. The van der Waals surface area contributed by atoms with E-state index in [1.165, 1.54) is 12.1 Å². The third kappa shape index (κ3) is 5.39. The number of hydrogen-bond donors (Lipinski definition) is 2. The maximum absolute atomic E-state index is 13.4. The van der Waals surface area contributed by atoms with Gasteiger partial charge in [0, 0.05) is 12.7 Å². The normalized spacial score (nSPS) is 10.1. The first-order valence-electron chi connectivity index (χ1n) is 7.55. The number of amides is 2. The highest BCUT2D eigenvalue weighted by molar-refractivity contribution is 5.90. The molecule has 0 saturated carbocycles. The number of rotatable bonds is 7. The van der Waals surface area contributed by atoms with Crippen LogP contribution in [0.1, 0.15) is 12.0 Å². The third-order valence-electron chi connectivity index (χ3n) is 3.30. The molecule has 0 aromatic heterocycles. The fourth-order valence-corrected chi connectivity index (χ4v) is 2.02. The fourth-order valence-electron chi connectivity index (χ4n) is 2.02. The molecule has 2 N–H and O–H groups in total. The van der Waals surface area contributed by atoms with E-state index in [1.807, 2.05) is 0 Å². The molecular formula is C18H19FN2O3. The summed E-state index contributed by atoms with van der Waals surface area (Å²) in [5, 5.41) is 5.28. The summed E-state index contributed by atoms with van der Waals surface area (Å²) >= 11 is 0. The maximum atomic E-state index is 13.4. The quantitative estimate of drug-likeness (QED) is 0.820. The van der Waals surface area contributed by atoms with Crippen molar-refractivity contribution in [2.75, 3.05) is 19.0 Å². The standard InChI is InChI=1S/C18H19FN2O3/c1-20-18(23)12-13-6-8-14(9-7-13)21-17(22)10-11-24-16-5-3-2-4-15(16)19/h2-9H,10-12H2,1H3,(H,20,23)(H,21,22).